The third-order valence-corrected chi connectivity index (χ3v) is 3.51. The monoisotopic (exact) mass is 352 g/mol. The summed E-state index contributed by atoms with van der Waals surface area (Å²) in [6.45, 7) is 9.07. The SMILES string of the molecule is CC1CCCN(CCNC2=NCCN2C)C1.I. The summed E-state index contributed by atoms with van der Waals surface area (Å²) in [5.74, 6) is 1.95. The van der Waals surface area contributed by atoms with Crippen LogP contribution in [0, 0.1) is 5.92 Å². The van der Waals surface area contributed by atoms with Gasteiger partial charge in [0.1, 0.15) is 0 Å². The van der Waals surface area contributed by atoms with Gasteiger partial charge < -0.3 is 15.1 Å². The Morgan fingerprint density at radius 1 is 1.41 bits per heavy atom. The fourth-order valence-corrected chi connectivity index (χ4v) is 2.54. The molecule has 1 unspecified atom stereocenters. The van der Waals surface area contributed by atoms with Crippen molar-refractivity contribution in [1.82, 2.24) is 15.1 Å². The highest BCUT2D eigenvalue weighted by molar-refractivity contribution is 14.0. The second kappa shape index (κ2) is 7.41. The van der Waals surface area contributed by atoms with Gasteiger partial charge in [0, 0.05) is 33.2 Å². The Labute approximate surface area is 122 Å². The predicted molar refractivity (Wildman–Crippen MR) is 83.2 cm³/mol. The standard InChI is InChI=1S/C12H24N4.HI/c1-11-4-3-7-16(10-11)9-6-14-12-13-5-8-15(12)2;/h11H,3-10H2,1-2H3,(H,13,14);1H. The fourth-order valence-electron chi connectivity index (χ4n) is 2.54. The number of nitrogens with zero attached hydrogens (tertiary/aromatic N) is 3. The third-order valence-electron chi connectivity index (χ3n) is 3.51. The molecule has 1 saturated heterocycles. The second-order valence-electron chi connectivity index (χ2n) is 5.10. The molecule has 5 heteroatoms. The maximum absolute atomic E-state index is 4.43. The smallest absolute Gasteiger partial charge is 0.193 e. The third kappa shape index (κ3) is 4.62. The van der Waals surface area contributed by atoms with Gasteiger partial charge in [-0.25, -0.2) is 0 Å². The Bertz CT molecular complexity index is 257. The number of guanidine groups is 1. The van der Waals surface area contributed by atoms with E-state index in [9.17, 15) is 0 Å². The zero-order chi connectivity index (χ0) is 11.4. The van der Waals surface area contributed by atoms with Crippen molar-refractivity contribution < 1.29 is 0 Å². The van der Waals surface area contributed by atoms with Crippen molar-refractivity contribution in [3.8, 4) is 0 Å². The van der Waals surface area contributed by atoms with Crippen LogP contribution in [0.5, 0.6) is 0 Å². The molecule has 0 spiro atoms. The van der Waals surface area contributed by atoms with Crippen molar-refractivity contribution in [2.24, 2.45) is 10.9 Å². The largest absolute Gasteiger partial charge is 0.355 e. The van der Waals surface area contributed by atoms with Crippen LogP contribution in [0.1, 0.15) is 19.8 Å². The number of piperidine rings is 1. The molecule has 0 amide bonds. The average Bonchev–Trinajstić information content (AvgIpc) is 2.65. The first-order chi connectivity index (χ1) is 7.75. The Hall–Kier alpha value is -0.0400. The number of likely N-dealkylation sites (N-methyl/N-ethyl adjacent to an activating group) is 1. The summed E-state index contributed by atoms with van der Waals surface area (Å²) < 4.78 is 0. The van der Waals surface area contributed by atoms with Crippen molar-refractivity contribution in [2.75, 3.05) is 46.3 Å². The topological polar surface area (TPSA) is 30.9 Å². The molecule has 2 aliphatic heterocycles. The Morgan fingerprint density at radius 2 is 2.24 bits per heavy atom. The lowest BCUT2D eigenvalue weighted by Crippen LogP contribution is -2.42. The van der Waals surface area contributed by atoms with Crippen molar-refractivity contribution in [2.45, 2.75) is 19.8 Å². The number of halogens is 1. The Kier molecular flexibility index (Phi) is 6.54. The summed E-state index contributed by atoms with van der Waals surface area (Å²) in [5.41, 5.74) is 0. The molecule has 17 heavy (non-hydrogen) atoms. The number of nitrogens with one attached hydrogen (secondary N) is 1. The Morgan fingerprint density at radius 3 is 2.88 bits per heavy atom. The molecule has 2 aliphatic rings. The van der Waals surface area contributed by atoms with Crippen LogP contribution in [0.25, 0.3) is 0 Å². The van der Waals surface area contributed by atoms with Crippen molar-refractivity contribution >= 4 is 29.9 Å². The molecule has 1 atom stereocenters. The number of likely N-dealkylation sites (tertiary alicyclic amines) is 1. The first-order valence-corrected chi connectivity index (χ1v) is 6.47. The molecule has 0 aromatic carbocycles. The lowest BCUT2D eigenvalue weighted by Gasteiger charge is -2.31. The van der Waals surface area contributed by atoms with E-state index in [0.717, 1.165) is 38.1 Å². The minimum absolute atomic E-state index is 0. The predicted octanol–water partition coefficient (Wildman–Crippen LogP) is 1.23. The molecule has 0 saturated carbocycles. The van der Waals surface area contributed by atoms with Gasteiger partial charge in [0.2, 0.25) is 0 Å². The van der Waals surface area contributed by atoms with Crippen LogP contribution in [-0.4, -0.2) is 62.1 Å². The molecule has 2 rings (SSSR count). The highest BCUT2D eigenvalue weighted by atomic mass is 127. The van der Waals surface area contributed by atoms with Gasteiger partial charge in [0.15, 0.2) is 5.96 Å². The molecular weight excluding hydrogens is 327 g/mol. The lowest BCUT2D eigenvalue weighted by atomic mass is 10.0. The quantitative estimate of drug-likeness (QED) is 0.776. The summed E-state index contributed by atoms with van der Waals surface area (Å²) in [7, 11) is 2.10. The van der Waals surface area contributed by atoms with E-state index in [1.165, 1.54) is 25.9 Å². The molecule has 1 N–H and O–H groups in total. The summed E-state index contributed by atoms with van der Waals surface area (Å²) in [5, 5.41) is 3.43. The number of hydrogen-bond donors (Lipinski definition) is 1. The highest BCUT2D eigenvalue weighted by Gasteiger charge is 2.16. The molecule has 0 aliphatic carbocycles. The minimum Gasteiger partial charge on any atom is -0.355 e. The highest BCUT2D eigenvalue weighted by Crippen LogP contribution is 2.14. The summed E-state index contributed by atoms with van der Waals surface area (Å²) in [6.07, 6.45) is 2.77. The van der Waals surface area contributed by atoms with Gasteiger partial charge in [-0.05, 0) is 25.3 Å². The normalized spacial score (nSPS) is 25.4. The average molecular weight is 352 g/mol. The summed E-state index contributed by atoms with van der Waals surface area (Å²) in [6, 6.07) is 0. The van der Waals surface area contributed by atoms with Crippen molar-refractivity contribution in [3.05, 3.63) is 0 Å². The van der Waals surface area contributed by atoms with E-state index >= 15 is 0 Å². The first-order valence-electron chi connectivity index (χ1n) is 6.47. The molecule has 1 fully saturated rings. The van der Waals surface area contributed by atoms with Crippen LogP contribution in [0.15, 0.2) is 4.99 Å². The van der Waals surface area contributed by atoms with Crippen LogP contribution in [0.4, 0.5) is 0 Å². The van der Waals surface area contributed by atoms with E-state index in [-0.39, 0.29) is 24.0 Å². The van der Waals surface area contributed by atoms with Gasteiger partial charge in [-0.3, -0.25) is 4.99 Å². The van der Waals surface area contributed by atoms with Crippen LogP contribution < -0.4 is 5.32 Å². The first kappa shape index (κ1) is 15.0. The number of hydrogen-bond acceptors (Lipinski definition) is 4. The van der Waals surface area contributed by atoms with E-state index in [1.54, 1.807) is 0 Å². The lowest BCUT2D eigenvalue weighted by molar-refractivity contribution is 0.186. The van der Waals surface area contributed by atoms with Gasteiger partial charge in [0.25, 0.3) is 0 Å². The van der Waals surface area contributed by atoms with E-state index in [2.05, 4.69) is 34.1 Å². The van der Waals surface area contributed by atoms with Crippen LogP contribution in [0.2, 0.25) is 0 Å². The van der Waals surface area contributed by atoms with Crippen LogP contribution >= 0.6 is 24.0 Å². The summed E-state index contributed by atoms with van der Waals surface area (Å²) in [4.78, 5) is 9.19. The van der Waals surface area contributed by atoms with E-state index in [0.29, 0.717) is 0 Å². The number of rotatable bonds is 3. The van der Waals surface area contributed by atoms with Gasteiger partial charge in [0.05, 0.1) is 6.54 Å². The molecule has 0 aromatic heterocycles. The van der Waals surface area contributed by atoms with Crippen LogP contribution in [-0.2, 0) is 0 Å². The Balaban J connectivity index is 0.00000144. The molecule has 100 valence electrons. The van der Waals surface area contributed by atoms with E-state index in [4.69, 9.17) is 0 Å². The van der Waals surface area contributed by atoms with Gasteiger partial charge >= 0.3 is 0 Å². The van der Waals surface area contributed by atoms with Crippen molar-refractivity contribution in [3.63, 3.8) is 0 Å². The zero-order valence-corrected chi connectivity index (χ0v) is 13.3. The fraction of sp³-hybridized carbons (Fsp3) is 0.917. The van der Waals surface area contributed by atoms with Gasteiger partial charge in [-0.1, -0.05) is 6.92 Å². The molecule has 0 radical (unpaired) electrons. The maximum atomic E-state index is 4.43. The van der Waals surface area contributed by atoms with Crippen molar-refractivity contribution in [1.29, 1.82) is 0 Å². The minimum atomic E-state index is 0. The zero-order valence-electron chi connectivity index (χ0n) is 11.0. The molecular formula is C12H25IN4. The van der Waals surface area contributed by atoms with E-state index < -0.39 is 0 Å². The van der Waals surface area contributed by atoms with Gasteiger partial charge in [-0.15, -0.1) is 24.0 Å². The summed E-state index contributed by atoms with van der Waals surface area (Å²) >= 11 is 0. The van der Waals surface area contributed by atoms with Gasteiger partial charge in [-0.2, -0.15) is 0 Å². The maximum Gasteiger partial charge on any atom is 0.193 e. The number of aliphatic imine (C=N–C) groups is 1. The molecule has 2 heterocycles. The second-order valence-corrected chi connectivity index (χ2v) is 5.10. The molecule has 0 bridgehead atoms. The molecule has 4 nitrogen and oxygen atoms in total. The van der Waals surface area contributed by atoms with Crippen LogP contribution in [0.3, 0.4) is 0 Å². The van der Waals surface area contributed by atoms with E-state index in [1.807, 2.05) is 0 Å². The molecule has 0 aromatic rings.